The van der Waals surface area contributed by atoms with E-state index in [9.17, 15) is 23.1 Å². The van der Waals surface area contributed by atoms with E-state index in [2.05, 4.69) is 65.8 Å². The lowest BCUT2D eigenvalue weighted by Gasteiger charge is -2.06. The molecule has 0 radical (unpaired) electrons. The fourth-order valence-corrected chi connectivity index (χ4v) is 3.90. The normalized spacial score (nSPS) is 12.8. The molecule has 0 unspecified atom stereocenters. The van der Waals surface area contributed by atoms with Gasteiger partial charge in [-0.2, -0.15) is 8.42 Å². The molecule has 6 nitrogen and oxygen atoms in total. The van der Waals surface area contributed by atoms with Crippen LogP contribution in [0.1, 0.15) is 68.6 Å². The Morgan fingerprint density at radius 3 is 1.70 bits per heavy atom. The number of phenols is 1. The summed E-state index contributed by atoms with van der Waals surface area (Å²) in [6.07, 6.45) is 30.6. The fraction of sp³-hybridized carbons (Fsp3) is 0.333. The molecule has 0 aliphatic heterocycles. The first-order valence-corrected chi connectivity index (χ1v) is 14.1. The predicted octanol–water partition coefficient (Wildman–Crippen LogP) is 6.93. The molecule has 37 heavy (non-hydrogen) atoms. The number of para-hydroxylation sites is 1. The highest BCUT2D eigenvalue weighted by Gasteiger charge is 2.23. The van der Waals surface area contributed by atoms with Crippen LogP contribution in [0.25, 0.3) is 0 Å². The number of carbonyl (C=O) groups excluding carboxylic acids is 2. The van der Waals surface area contributed by atoms with Gasteiger partial charge in [-0.3, -0.25) is 9.59 Å². The third kappa shape index (κ3) is 16.8. The van der Waals surface area contributed by atoms with Crippen LogP contribution in [0.3, 0.4) is 0 Å². The number of rotatable bonds is 18. The minimum Gasteiger partial charge on any atom is -0.507 e. The molecule has 1 N–H and O–H groups in total. The quantitative estimate of drug-likeness (QED) is 0.127. The molecule has 0 aliphatic carbocycles. The molecule has 1 aromatic rings. The fourth-order valence-electron chi connectivity index (χ4n) is 3.00. The summed E-state index contributed by atoms with van der Waals surface area (Å²) in [5.74, 6) is -3.12. The lowest BCUT2D eigenvalue weighted by atomic mass is 10.1. The van der Waals surface area contributed by atoms with Crippen LogP contribution < -0.4 is 0 Å². The Balaban J connectivity index is 2.15. The second-order valence-electron chi connectivity index (χ2n) is 8.05. The van der Waals surface area contributed by atoms with Crippen molar-refractivity contribution in [2.75, 3.05) is 5.75 Å². The van der Waals surface area contributed by atoms with Crippen molar-refractivity contribution in [2.24, 2.45) is 0 Å². The Kier molecular flexibility index (Phi) is 16.8. The van der Waals surface area contributed by atoms with Crippen molar-refractivity contribution in [3.8, 4) is 5.75 Å². The van der Waals surface area contributed by atoms with Crippen molar-refractivity contribution in [3.63, 3.8) is 0 Å². The maximum atomic E-state index is 12.0. The van der Waals surface area contributed by atoms with Crippen LogP contribution in [0.5, 0.6) is 5.75 Å². The second-order valence-corrected chi connectivity index (χ2v) is 9.62. The summed E-state index contributed by atoms with van der Waals surface area (Å²) in [4.78, 5) is 23.8. The first-order chi connectivity index (χ1) is 17.9. The van der Waals surface area contributed by atoms with Crippen molar-refractivity contribution in [2.45, 2.75) is 58.3 Å². The lowest BCUT2D eigenvalue weighted by Crippen LogP contribution is -2.21. The molecule has 0 amide bonds. The minimum absolute atomic E-state index is 0.119. The average molecular weight is 527 g/mol. The van der Waals surface area contributed by atoms with Crippen LogP contribution in [-0.2, 0) is 19.1 Å². The van der Waals surface area contributed by atoms with Gasteiger partial charge in [0, 0.05) is 0 Å². The molecule has 0 aromatic heterocycles. The van der Waals surface area contributed by atoms with Gasteiger partial charge in [-0.15, -0.1) is 0 Å². The van der Waals surface area contributed by atoms with E-state index in [0.29, 0.717) is 12.8 Å². The van der Waals surface area contributed by atoms with Gasteiger partial charge >= 0.3 is 16.1 Å². The standard InChI is InChI=1S/C30H38O6S/c1-2-3-4-5-6-7-8-9-10-11-12-13-14-15-16-17-18-19-20-25-30(33)36-37(34,35)26-29(32)27-23-21-22-24-28(27)31/h3-4,6-7,9-10,12-13,15-16,18-19,21-24,31H,2,5,8,11,14,17,20,25-26H2,1H3/b4-3-,7-6-,10-9-,13-12-,16-15-,19-18-. The molecule has 0 heterocycles. The second kappa shape index (κ2) is 19.7. The Morgan fingerprint density at radius 2 is 1.22 bits per heavy atom. The monoisotopic (exact) mass is 526 g/mol. The van der Waals surface area contributed by atoms with Gasteiger partial charge in [-0.1, -0.05) is 92.0 Å². The number of carbonyl (C=O) groups is 2. The molecular weight excluding hydrogens is 488 g/mol. The molecule has 0 aliphatic rings. The first-order valence-electron chi connectivity index (χ1n) is 12.5. The Hall–Kier alpha value is -3.45. The van der Waals surface area contributed by atoms with Crippen molar-refractivity contribution < 1.29 is 27.3 Å². The molecule has 7 heteroatoms. The van der Waals surface area contributed by atoms with E-state index < -0.39 is 27.6 Å². The number of benzene rings is 1. The first kappa shape index (κ1) is 31.6. The topological polar surface area (TPSA) is 97.7 Å². The van der Waals surface area contributed by atoms with Crippen LogP contribution in [0, 0.1) is 0 Å². The zero-order valence-corrected chi connectivity index (χ0v) is 22.3. The zero-order chi connectivity index (χ0) is 27.2. The SMILES string of the molecule is CC/C=C\C/C=C\C/C=C\C/C=C\C/C=C\C/C=C\CCC(=O)OS(=O)(=O)CC(=O)c1ccccc1O. The van der Waals surface area contributed by atoms with Crippen LogP contribution in [0.15, 0.2) is 97.2 Å². The number of allylic oxidation sites excluding steroid dienone is 12. The molecular formula is C30H38O6S. The van der Waals surface area contributed by atoms with Crippen molar-refractivity contribution in [1.29, 1.82) is 0 Å². The van der Waals surface area contributed by atoms with E-state index >= 15 is 0 Å². The van der Waals surface area contributed by atoms with Gasteiger partial charge < -0.3 is 9.29 Å². The average Bonchev–Trinajstić information content (AvgIpc) is 2.85. The molecule has 0 atom stereocenters. The number of Topliss-reactive ketones (excluding diaryl/α,β-unsaturated/α-hetero) is 1. The maximum Gasteiger partial charge on any atom is 0.322 e. The Labute approximate surface area is 221 Å². The molecule has 1 rings (SSSR count). The predicted molar refractivity (Wildman–Crippen MR) is 150 cm³/mol. The van der Waals surface area contributed by atoms with Gasteiger partial charge in [0.2, 0.25) is 0 Å². The highest BCUT2D eigenvalue weighted by atomic mass is 32.2. The summed E-state index contributed by atoms with van der Waals surface area (Å²) in [5.41, 5.74) is -0.139. The summed E-state index contributed by atoms with van der Waals surface area (Å²) >= 11 is 0. The maximum absolute atomic E-state index is 12.0. The van der Waals surface area contributed by atoms with E-state index in [1.54, 1.807) is 6.08 Å². The number of aromatic hydroxyl groups is 1. The Morgan fingerprint density at radius 1 is 0.757 bits per heavy atom. The molecule has 200 valence electrons. The van der Waals surface area contributed by atoms with Gasteiger partial charge in [0.25, 0.3) is 0 Å². The third-order valence-electron chi connectivity index (χ3n) is 4.84. The van der Waals surface area contributed by atoms with Gasteiger partial charge in [-0.25, -0.2) is 0 Å². The zero-order valence-electron chi connectivity index (χ0n) is 21.5. The van der Waals surface area contributed by atoms with E-state index in [1.165, 1.54) is 24.3 Å². The highest BCUT2D eigenvalue weighted by molar-refractivity contribution is 7.87. The van der Waals surface area contributed by atoms with Gasteiger partial charge in [0.15, 0.2) is 5.78 Å². The molecule has 0 saturated heterocycles. The summed E-state index contributed by atoms with van der Waals surface area (Å²) in [5, 5.41) is 9.64. The van der Waals surface area contributed by atoms with Gasteiger partial charge in [0.1, 0.15) is 11.5 Å². The molecule has 0 bridgehead atoms. The van der Waals surface area contributed by atoms with Crippen molar-refractivity contribution in [1.82, 2.24) is 0 Å². The molecule has 0 spiro atoms. The number of hydrogen-bond donors (Lipinski definition) is 1. The van der Waals surface area contributed by atoms with Crippen LogP contribution in [-0.4, -0.2) is 31.0 Å². The smallest absolute Gasteiger partial charge is 0.322 e. The van der Waals surface area contributed by atoms with E-state index in [0.717, 1.165) is 32.1 Å². The Bertz CT molecular complexity index is 1100. The van der Waals surface area contributed by atoms with E-state index in [4.69, 9.17) is 0 Å². The summed E-state index contributed by atoms with van der Waals surface area (Å²) < 4.78 is 28.4. The number of phenolic OH excluding ortho intramolecular Hbond substituents is 1. The van der Waals surface area contributed by atoms with Crippen molar-refractivity contribution >= 4 is 21.9 Å². The third-order valence-corrected chi connectivity index (χ3v) is 5.90. The molecule has 0 fully saturated rings. The van der Waals surface area contributed by atoms with Crippen molar-refractivity contribution in [3.05, 3.63) is 103 Å². The minimum atomic E-state index is -4.38. The largest absolute Gasteiger partial charge is 0.507 e. The molecule has 0 saturated carbocycles. The van der Waals surface area contributed by atoms with Crippen LogP contribution in [0.2, 0.25) is 0 Å². The summed E-state index contributed by atoms with van der Waals surface area (Å²) in [6.45, 7) is 2.13. The lowest BCUT2D eigenvalue weighted by molar-refractivity contribution is -0.133. The summed E-state index contributed by atoms with van der Waals surface area (Å²) in [6, 6.07) is 5.59. The summed E-state index contributed by atoms with van der Waals surface area (Å²) in [7, 11) is -4.38. The number of ketones is 1. The number of hydrogen-bond acceptors (Lipinski definition) is 6. The van der Waals surface area contributed by atoms with Crippen LogP contribution in [0.4, 0.5) is 0 Å². The van der Waals surface area contributed by atoms with E-state index in [-0.39, 0.29) is 17.7 Å². The van der Waals surface area contributed by atoms with Gasteiger partial charge in [-0.05, 0) is 57.1 Å². The highest BCUT2D eigenvalue weighted by Crippen LogP contribution is 2.17. The van der Waals surface area contributed by atoms with Gasteiger partial charge in [0.05, 0.1) is 12.0 Å². The van der Waals surface area contributed by atoms with E-state index in [1.807, 2.05) is 12.2 Å². The van der Waals surface area contributed by atoms with Crippen LogP contribution >= 0.6 is 0 Å². The molecule has 1 aromatic carbocycles.